The summed E-state index contributed by atoms with van der Waals surface area (Å²) < 4.78 is 16.0. The number of nitrogens with zero attached hydrogens (tertiary/aromatic N) is 2. The molecule has 1 aromatic carbocycles. The maximum atomic E-state index is 13.8. The Labute approximate surface area is 122 Å². The van der Waals surface area contributed by atoms with E-state index in [0.717, 1.165) is 29.6 Å². The second-order valence-corrected chi connectivity index (χ2v) is 4.92. The first kappa shape index (κ1) is 15.0. The highest BCUT2D eigenvalue weighted by molar-refractivity contribution is 5.50. The summed E-state index contributed by atoms with van der Waals surface area (Å²) in [6.45, 7) is 7.51. The average Bonchev–Trinajstić information content (AvgIpc) is 2.71. The van der Waals surface area contributed by atoms with E-state index in [-0.39, 0.29) is 11.4 Å². The summed E-state index contributed by atoms with van der Waals surface area (Å²) in [5, 5.41) is 13.6. The fourth-order valence-electron chi connectivity index (χ4n) is 2.49. The maximum absolute atomic E-state index is 13.8. The summed E-state index contributed by atoms with van der Waals surface area (Å²) in [5.41, 5.74) is 3.41. The number of anilines is 1. The molecular weight excluding hydrogens is 273 g/mol. The lowest BCUT2D eigenvalue weighted by Crippen LogP contribution is -2.04. The zero-order valence-corrected chi connectivity index (χ0v) is 12.3. The summed E-state index contributed by atoms with van der Waals surface area (Å²) in [5.74, 6) is -0.617. The Balaban J connectivity index is 2.15. The summed E-state index contributed by atoms with van der Waals surface area (Å²) in [4.78, 5) is 9.97. The molecule has 2 rings (SSSR count). The van der Waals surface area contributed by atoms with Gasteiger partial charge < -0.3 is 9.88 Å². The lowest BCUT2D eigenvalue weighted by molar-refractivity contribution is -0.385. The third-order valence-corrected chi connectivity index (χ3v) is 3.63. The van der Waals surface area contributed by atoms with Gasteiger partial charge in [0.15, 0.2) is 5.82 Å². The molecule has 112 valence electrons. The van der Waals surface area contributed by atoms with Crippen molar-refractivity contribution >= 4 is 11.4 Å². The Morgan fingerprint density at radius 2 is 2.05 bits per heavy atom. The van der Waals surface area contributed by atoms with Crippen LogP contribution in [0.2, 0.25) is 0 Å². The van der Waals surface area contributed by atoms with Crippen LogP contribution in [0.15, 0.2) is 24.3 Å². The predicted molar refractivity (Wildman–Crippen MR) is 80.0 cm³/mol. The lowest BCUT2D eigenvalue weighted by Gasteiger charge is -2.09. The quantitative estimate of drug-likeness (QED) is 0.673. The monoisotopic (exact) mass is 291 g/mol. The molecule has 1 heterocycles. The van der Waals surface area contributed by atoms with Gasteiger partial charge in [0.2, 0.25) is 0 Å². The van der Waals surface area contributed by atoms with E-state index in [1.807, 2.05) is 13.8 Å². The Morgan fingerprint density at radius 3 is 2.57 bits per heavy atom. The van der Waals surface area contributed by atoms with Crippen molar-refractivity contribution in [2.45, 2.75) is 33.9 Å². The molecule has 0 radical (unpaired) electrons. The molecule has 0 saturated carbocycles. The number of nitro groups is 1. The van der Waals surface area contributed by atoms with Crippen molar-refractivity contribution in [2.24, 2.45) is 0 Å². The molecule has 0 saturated heterocycles. The lowest BCUT2D eigenvalue weighted by atomic mass is 10.2. The van der Waals surface area contributed by atoms with Crippen LogP contribution in [0, 0.1) is 29.8 Å². The Kier molecular flexibility index (Phi) is 4.26. The van der Waals surface area contributed by atoms with Gasteiger partial charge in [0.25, 0.3) is 5.69 Å². The SMILES string of the molecule is CCn1c(C)cc(CNc2ccc([N+](=O)[O-])cc2F)c1C. The van der Waals surface area contributed by atoms with Crippen LogP contribution >= 0.6 is 0 Å². The van der Waals surface area contributed by atoms with E-state index < -0.39 is 10.7 Å². The van der Waals surface area contributed by atoms with Crippen LogP contribution in [0.4, 0.5) is 15.8 Å². The third-order valence-electron chi connectivity index (χ3n) is 3.63. The van der Waals surface area contributed by atoms with Gasteiger partial charge in [-0.2, -0.15) is 0 Å². The summed E-state index contributed by atoms with van der Waals surface area (Å²) in [6.07, 6.45) is 0. The molecule has 1 aromatic heterocycles. The Hall–Kier alpha value is -2.37. The molecular formula is C15H18FN3O2. The van der Waals surface area contributed by atoms with E-state index in [9.17, 15) is 14.5 Å². The summed E-state index contributed by atoms with van der Waals surface area (Å²) in [7, 11) is 0. The van der Waals surface area contributed by atoms with Gasteiger partial charge in [-0.25, -0.2) is 4.39 Å². The standard InChI is InChI=1S/C15H18FN3O2/c1-4-18-10(2)7-12(11(18)3)9-17-15-6-5-13(19(20)21)8-14(15)16/h5-8,17H,4,9H2,1-3H3. The van der Waals surface area contributed by atoms with Gasteiger partial charge in [0.05, 0.1) is 16.7 Å². The largest absolute Gasteiger partial charge is 0.379 e. The van der Waals surface area contributed by atoms with Crippen LogP contribution in [0.1, 0.15) is 23.9 Å². The molecule has 0 aliphatic carbocycles. The molecule has 1 N–H and O–H groups in total. The van der Waals surface area contributed by atoms with E-state index >= 15 is 0 Å². The molecule has 0 bridgehead atoms. The zero-order valence-electron chi connectivity index (χ0n) is 12.3. The Bertz CT molecular complexity index is 680. The smallest absolute Gasteiger partial charge is 0.272 e. The van der Waals surface area contributed by atoms with Crippen molar-refractivity contribution in [3.05, 3.63) is 57.1 Å². The molecule has 0 atom stereocenters. The topological polar surface area (TPSA) is 60.1 Å². The zero-order chi connectivity index (χ0) is 15.6. The second kappa shape index (κ2) is 5.95. The first-order chi connectivity index (χ1) is 9.93. The molecule has 5 nitrogen and oxygen atoms in total. The summed E-state index contributed by atoms with van der Waals surface area (Å²) >= 11 is 0. The fourth-order valence-corrected chi connectivity index (χ4v) is 2.49. The highest BCUT2D eigenvalue weighted by Gasteiger charge is 2.12. The van der Waals surface area contributed by atoms with Crippen molar-refractivity contribution < 1.29 is 9.31 Å². The molecule has 0 unspecified atom stereocenters. The minimum absolute atomic E-state index is 0.248. The van der Waals surface area contributed by atoms with Crippen molar-refractivity contribution in [3.63, 3.8) is 0 Å². The number of hydrogen-bond acceptors (Lipinski definition) is 3. The number of hydrogen-bond donors (Lipinski definition) is 1. The number of halogens is 1. The van der Waals surface area contributed by atoms with Gasteiger partial charge in [-0.3, -0.25) is 10.1 Å². The van der Waals surface area contributed by atoms with Crippen molar-refractivity contribution in [3.8, 4) is 0 Å². The van der Waals surface area contributed by atoms with Gasteiger partial charge in [0.1, 0.15) is 0 Å². The number of nitrogens with one attached hydrogen (secondary N) is 1. The first-order valence-electron chi connectivity index (χ1n) is 6.77. The van der Waals surface area contributed by atoms with Crippen LogP contribution in [0.3, 0.4) is 0 Å². The number of benzene rings is 1. The third kappa shape index (κ3) is 3.04. The van der Waals surface area contributed by atoms with Gasteiger partial charge in [-0.15, -0.1) is 0 Å². The maximum Gasteiger partial charge on any atom is 0.272 e. The molecule has 0 aliphatic heterocycles. The second-order valence-electron chi connectivity index (χ2n) is 4.92. The number of rotatable bonds is 5. The van der Waals surface area contributed by atoms with Gasteiger partial charge >= 0.3 is 0 Å². The minimum atomic E-state index is -0.617. The van der Waals surface area contributed by atoms with Crippen LogP contribution < -0.4 is 5.32 Å². The van der Waals surface area contributed by atoms with Crippen LogP contribution in [-0.2, 0) is 13.1 Å². The van der Waals surface area contributed by atoms with E-state index in [1.165, 1.54) is 12.1 Å². The molecule has 21 heavy (non-hydrogen) atoms. The van der Waals surface area contributed by atoms with Crippen LogP contribution in [0.25, 0.3) is 0 Å². The highest BCUT2D eigenvalue weighted by Crippen LogP contribution is 2.22. The van der Waals surface area contributed by atoms with Gasteiger partial charge in [0, 0.05) is 30.5 Å². The number of aryl methyl sites for hydroxylation is 1. The highest BCUT2D eigenvalue weighted by atomic mass is 19.1. The average molecular weight is 291 g/mol. The van der Waals surface area contributed by atoms with Crippen LogP contribution in [0.5, 0.6) is 0 Å². The minimum Gasteiger partial charge on any atom is -0.379 e. The van der Waals surface area contributed by atoms with E-state index in [4.69, 9.17) is 0 Å². The molecule has 0 spiro atoms. The van der Waals surface area contributed by atoms with E-state index in [2.05, 4.69) is 22.9 Å². The van der Waals surface area contributed by atoms with Crippen molar-refractivity contribution in [2.75, 3.05) is 5.32 Å². The van der Waals surface area contributed by atoms with E-state index in [1.54, 1.807) is 0 Å². The molecule has 0 amide bonds. The molecule has 2 aromatic rings. The van der Waals surface area contributed by atoms with Crippen LogP contribution in [-0.4, -0.2) is 9.49 Å². The van der Waals surface area contributed by atoms with E-state index in [0.29, 0.717) is 6.54 Å². The molecule has 0 fully saturated rings. The number of nitro benzene ring substituents is 1. The summed E-state index contributed by atoms with van der Waals surface area (Å²) in [6, 6.07) is 5.68. The molecule has 6 heteroatoms. The van der Waals surface area contributed by atoms with Gasteiger partial charge in [-0.1, -0.05) is 0 Å². The first-order valence-corrected chi connectivity index (χ1v) is 6.77. The van der Waals surface area contributed by atoms with Crippen molar-refractivity contribution in [1.82, 2.24) is 4.57 Å². The van der Waals surface area contributed by atoms with Gasteiger partial charge in [-0.05, 0) is 38.5 Å². The Morgan fingerprint density at radius 1 is 1.33 bits per heavy atom. The number of aromatic nitrogens is 1. The van der Waals surface area contributed by atoms with Crippen molar-refractivity contribution in [1.29, 1.82) is 0 Å². The number of non-ortho nitro benzene ring substituents is 1. The normalized spacial score (nSPS) is 10.7. The fraction of sp³-hybridized carbons (Fsp3) is 0.333. The molecule has 0 aliphatic rings. The predicted octanol–water partition coefficient (Wildman–Crippen LogP) is 3.78.